The first-order valence-electron chi connectivity index (χ1n) is 10.5. The number of hydrogen-bond acceptors (Lipinski definition) is 7. The van der Waals surface area contributed by atoms with Crippen LogP contribution in [0.4, 0.5) is 0 Å². The predicted octanol–water partition coefficient (Wildman–Crippen LogP) is 3.21. The summed E-state index contributed by atoms with van der Waals surface area (Å²) in [5.74, 6) is 0.745. The van der Waals surface area contributed by atoms with Crippen molar-refractivity contribution in [2.45, 2.75) is 13.1 Å². The lowest BCUT2D eigenvalue weighted by atomic mass is 10.1. The predicted molar refractivity (Wildman–Crippen MR) is 125 cm³/mol. The molecule has 0 saturated carbocycles. The van der Waals surface area contributed by atoms with Gasteiger partial charge in [0.15, 0.2) is 5.65 Å². The second-order valence-electron chi connectivity index (χ2n) is 7.49. The van der Waals surface area contributed by atoms with Crippen LogP contribution in [0.2, 0.25) is 0 Å². The maximum atomic E-state index is 12.6. The summed E-state index contributed by atoms with van der Waals surface area (Å²) in [6.07, 6.45) is 3.21. The quantitative estimate of drug-likeness (QED) is 0.403. The summed E-state index contributed by atoms with van der Waals surface area (Å²) in [5, 5.41) is 8.05. The SMILES string of the molecule is COC(=O)c1ccc(CNC(=O)c2cnc3c(cnn3Cc3ccc(OC)cc3OC)c2)cc1. The molecule has 9 heteroatoms. The number of carbonyl (C=O) groups is 2. The first-order chi connectivity index (χ1) is 16.5. The van der Waals surface area contributed by atoms with Gasteiger partial charge < -0.3 is 19.5 Å². The number of hydrogen-bond donors (Lipinski definition) is 1. The van der Waals surface area contributed by atoms with Crippen molar-refractivity contribution in [1.82, 2.24) is 20.1 Å². The van der Waals surface area contributed by atoms with Gasteiger partial charge >= 0.3 is 5.97 Å². The monoisotopic (exact) mass is 460 g/mol. The largest absolute Gasteiger partial charge is 0.497 e. The molecule has 174 valence electrons. The number of pyridine rings is 1. The molecule has 4 aromatic rings. The van der Waals surface area contributed by atoms with E-state index >= 15 is 0 Å². The van der Waals surface area contributed by atoms with Crippen LogP contribution >= 0.6 is 0 Å². The van der Waals surface area contributed by atoms with Crippen LogP contribution in [0.25, 0.3) is 11.0 Å². The van der Waals surface area contributed by atoms with Crippen molar-refractivity contribution >= 4 is 22.9 Å². The zero-order chi connectivity index (χ0) is 24.1. The van der Waals surface area contributed by atoms with Gasteiger partial charge in [-0.2, -0.15) is 5.10 Å². The average Bonchev–Trinajstić information content (AvgIpc) is 3.29. The summed E-state index contributed by atoms with van der Waals surface area (Å²) in [5.41, 5.74) is 3.33. The Balaban J connectivity index is 1.45. The summed E-state index contributed by atoms with van der Waals surface area (Å²) in [7, 11) is 4.55. The lowest BCUT2D eigenvalue weighted by Gasteiger charge is -2.11. The Morgan fingerprint density at radius 1 is 0.941 bits per heavy atom. The molecule has 9 nitrogen and oxygen atoms in total. The van der Waals surface area contributed by atoms with E-state index in [-0.39, 0.29) is 5.91 Å². The zero-order valence-corrected chi connectivity index (χ0v) is 19.1. The fraction of sp³-hybridized carbons (Fsp3) is 0.200. The smallest absolute Gasteiger partial charge is 0.337 e. The van der Waals surface area contributed by atoms with Crippen molar-refractivity contribution in [1.29, 1.82) is 0 Å². The Hall–Kier alpha value is -4.40. The molecule has 0 radical (unpaired) electrons. The normalized spacial score (nSPS) is 10.7. The molecule has 2 aromatic carbocycles. The summed E-state index contributed by atoms with van der Waals surface area (Å²) in [4.78, 5) is 28.6. The lowest BCUT2D eigenvalue weighted by molar-refractivity contribution is 0.0600. The summed E-state index contributed by atoms with van der Waals surface area (Å²) < 4.78 is 17.2. The molecule has 1 amide bonds. The Labute approximate surface area is 196 Å². The number of amides is 1. The highest BCUT2D eigenvalue weighted by molar-refractivity contribution is 5.96. The number of rotatable bonds is 8. The molecule has 34 heavy (non-hydrogen) atoms. The fourth-order valence-electron chi connectivity index (χ4n) is 3.52. The molecule has 0 aliphatic heterocycles. The van der Waals surface area contributed by atoms with Gasteiger partial charge in [-0.3, -0.25) is 4.79 Å². The fourth-order valence-corrected chi connectivity index (χ4v) is 3.52. The van der Waals surface area contributed by atoms with E-state index in [9.17, 15) is 9.59 Å². The number of carbonyl (C=O) groups excluding carboxylic acids is 2. The second kappa shape index (κ2) is 10.0. The van der Waals surface area contributed by atoms with Crippen LogP contribution in [0, 0.1) is 0 Å². The van der Waals surface area contributed by atoms with Crippen LogP contribution in [-0.4, -0.2) is 48.0 Å². The van der Waals surface area contributed by atoms with E-state index in [1.807, 2.05) is 18.2 Å². The molecule has 2 heterocycles. The minimum Gasteiger partial charge on any atom is -0.497 e. The molecule has 0 atom stereocenters. The Morgan fingerprint density at radius 2 is 1.74 bits per heavy atom. The average molecular weight is 460 g/mol. The number of esters is 1. The molecule has 0 aliphatic carbocycles. The highest BCUT2D eigenvalue weighted by atomic mass is 16.5. The molecule has 0 aliphatic rings. The van der Waals surface area contributed by atoms with Gasteiger partial charge in [0, 0.05) is 29.8 Å². The van der Waals surface area contributed by atoms with Gasteiger partial charge in [0.05, 0.1) is 45.2 Å². The topological polar surface area (TPSA) is 105 Å². The number of fused-ring (bicyclic) bond motifs is 1. The lowest BCUT2D eigenvalue weighted by Crippen LogP contribution is -2.23. The van der Waals surface area contributed by atoms with Crippen LogP contribution in [-0.2, 0) is 17.8 Å². The second-order valence-corrected chi connectivity index (χ2v) is 7.49. The van der Waals surface area contributed by atoms with Crippen LogP contribution in [0.15, 0.2) is 60.9 Å². The molecule has 1 N–H and O–H groups in total. The van der Waals surface area contributed by atoms with E-state index in [0.717, 1.165) is 16.5 Å². The Kier molecular flexibility index (Phi) is 6.72. The Morgan fingerprint density at radius 3 is 2.44 bits per heavy atom. The van der Waals surface area contributed by atoms with E-state index in [0.29, 0.717) is 41.4 Å². The number of nitrogens with zero attached hydrogens (tertiary/aromatic N) is 3. The highest BCUT2D eigenvalue weighted by Crippen LogP contribution is 2.26. The van der Waals surface area contributed by atoms with Gasteiger partial charge in [-0.25, -0.2) is 14.5 Å². The van der Waals surface area contributed by atoms with Crippen LogP contribution in [0.5, 0.6) is 11.5 Å². The molecule has 0 bridgehead atoms. The number of methoxy groups -OCH3 is 3. The molecular formula is C25H24N4O5. The van der Waals surface area contributed by atoms with E-state index in [1.165, 1.54) is 13.3 Å². The number of ether oxygens (including phenoxy) is 3. The molecule has 0 spiro atoms. The van der Waals surface area contributed by atoms with Crippen LogP contribution in [0.1, 0.15) is 31.8 Å². The van der Waals surface area contributed by atoms with E-state index < -0.39 is 5.97 Å². The maximum absolute atomic E-state index is 12.6. The number of aromatic nitrogens is 3. The summed E-state index contributed by atoms with van der Waals surface area (Å²) in [6, 6.07) is 14.2. The van der Waals surface area contributed by atoms with Crippen molar-refractivity contribution in [3.63, 3.8) is 0 Å². The van der Waals surface area contributed by atoms with Crippen LogP contribution < -0.4 is 14.8 Å². The van der Waals surface area contributed by atoms with Gasteiger partial charge in [0.1, 0.15) is 11.5 Å². The first-order valence-corrected chi connectivity index (χ1v) is 10.5. The first kappa shape index (κ1) is 22.8. The van der Waals surface area contributed by atoms with Gasteiger partial charge in [0.25, 0.3) is 5.91 Å². The van der Waals surface area contributed by atoms with Crippen molar-refractivity contribution in [3.8, 4) is 11.5 Å². The Bertz CT molecular complexity index is 1330. The third-order valence-corrected chi connectivity index (χ3v) is 5.38. The third-order valence-electron chi connectivity index (χ3n) is 5.38. The standard InChI is InChI=1S/C25H24N4O5/c1-32-21-9-8-18(22(11-21)33-2)15-29-23-19(14-28-29)10-20(13-26-23)24(30)27-12-16-4-6-17(7-5-16)25(31)34-3/h4-11,13-14H,12,15H2,1-3H3,(H,27,30). The molecule has 0 saturated heterocycles. The minimum absolute atomic E-state index is 0.254. The van der Waals surface area contributed by atoms with Gasteiger partial charge in [-0.1, -0.05) is 12.1 Å². The van der Waals surface area contributed by atoms with Gasteiger partial charge in [-0.05, 0) is 35.9 Å². The van der Waals surface area contributed by atoms with E-state index in [2.05, 4.69) is 20.1 Å². The van der Waals surface area contributed by atoms with Gasteiger partial charge in [0.2, 0.25) is 0 Å². The van der Waals surface area contributed by atoms with E-state index in [4.69, 9.17) is 9.47 Å². The summed E-state index contributed by atoms with van der Waals surface area (Å²) >= 11 is 0. The maximum Gasteiger partial charge on any atom is 0.337 e. The summed E-state index contributed by atoms with van der Waals surface area (Å²) in [6.45, 7) is 0.769. The highest BCUT2D eigenvalue weighted by Gasteiger charge is 2.13. The van der Waals surface area contributed by atoms with Crippen molar-refractivity contribution in [2.24, 2.45) is 0 Å². The van der Waals surface area contributed by atoms with Crippen molar-refractivity contribution in [3.05, 3.63) is 83.2 Å². The number of benzene rings is 2. The molecule has 2 aromatic heterocycles. The number of nitrogens with one attached hydrogen (secondary N) is 1. The zero-order valence-electron chi connectivity index (χ0n) is 19.1. The molecular weight excluding hydrogens is 436 g/mol. The minimum atomic E-state index is -0.402. The third kappa shape index (κ3) is 4.83. The van der Waals surface area contributed by atoms with E-state index in [1.54, 1.807) is 55.4 Å². The molecule has 0 fully saturated rings. The van der Waals surface area contributed by atoms with Gasteiger partial charge in [-0.15, -0.1) is 0 Å². The molecule has 4 rings (SSSR count). The van der Waals surface area contributed by atoms with Crippen LogP contribution in [0.3, 0.4) is 0 Å². The van der Waals surface area contributed by atoms with Crippen molar-refractivity contribution < 1.29 is 23.8 Å². The van der Waals surface area contributed by atoms with Crippen molar-refractivity contribution in [2.75, 3.05) is 21.3 Å². The molecule has 0 unspecified atom stereocenters.